The summed E-state index contributed by atoms with van der Waals surface area (Å²) in [4.78, 5) is 23.9. The van der Waals surface area contributed by atoms with Crippen molar-refractivity contribution in [1.82, 2.24) is 10.6 Å². The summed E-state index contributed by atoms with van der Waals surface area (Å²) in [7, 11) is 0. The number of fused-ring (bicyclic) bond motifs is 1. The Hall–Kier alpha value is -2.69. The Morgan fingerprint density at radius 2 is 1.83 bits per heavy atom. The number of aryl methyl sites for hydroxylation is 1. The summed E-state index contributed by atoms with van der Waals surface area (Å²) in [6.45, 7) is 0.246. The van der Waals surface area contributed by atoms with Crippen LogP contribution >= 0.6 is 0 Å². The molecule has 0 aromatic heterocycles. The van der Waals surface area contributed by atoms with E-state index in [0.717, 1.165) is 12.8 Å². The maximum Gasteiger partial charge on any atom is 0.251 e. The second-order valence-corrected chi connectivity index (χ2v) is 5.87. The number of carbonyl (C=O) groups excluding carboxylic acids is 2. The molecule has 0 saturated heterocycles. The molecule has 2 N–H and O–H groups in total. The summed E-state index contributed by atoms with van der Waals surface area (Å²) in [6.07, 6.45) is 2.10. The van der Waals surface area contributed by atoms with Crippen molar-refractivity contribution in [3.8, 4) is 0 Å². The Bertz CT molecular complexity index is 743. The van der Waals surface area contributed by atoms with Crippen LogP contribution in [0.5, 0.6) is 0 Å². The predicted octanol–water partition coefficient (Wildman–Crippen LogP) is 2.75. The van der Waals surface area contributed by atoms with Gasteiger partial charge in [0, 0.05) is 18.5 Å². The van der Waals surface area contributed by atoms with E-state index in [0.29, 0.717) is 5.56 Å². The molecule has 4 nitrogen and oxygen atoms in total. The van der Waals surface area contributed by atoms with Crippen LogP contribution in [-0.2, 0) is 11.2 Å². The molecule has 24 heavy (non-hydrogen) atoms. The van der Waals surface area contributed by atoms with E-state index in [1.54, 1.807) is 0 Å². The number of carbonyl (C=O) groups is 2. The molecule has 3 rings (SSSR count). The van der Waals surface area contributed by atoms with Crippen LogP contribution in [0.15, 0.2) is 48.5 Å². The van der Waals surface area contributed by atoms with Crippen molar-refractivity contribution in [3.05, 3.63) is 71.0 Å². The van der Waals surface area contributed by atoms with Gasteiger partial charge in [-0.1, -0.05) is 24.3 Å². The Balaban J connectivity index is 1.45. The first-order valence-electron chi connectivity index (χ1n) is 8.04. The van der Waals surface area contributed by atoms with Gasteiger partial charge in [-0.3, -0.25) is 9.59 Å². The van der Waals surface area contributed by atoms with Crippen LogP contribution in [-0.4, -0.2) is 18.4 Å². The number of rotatable bonds is 5. The minimum atomic E-state index is -0.386. The van der Waals surface area contributed by atoms with Crippen molar-refractivity contribution in [2.75, 3.05) is 6.54 Å². The highest BCUT2D eigenvalue weighted by Crippen LogP contribution is 2.30. The van der Waals surface area contributed by atoms with Crippen LogP contribution in [0.25, 0.3) is 0 Å². The zero-order valence-electron chi connectivity index (χ0n) is 13.2. The molecule has 0 unspecified atom stereocenters. The Kier molecular flexibility index (Phi) is 4.89. The van der Waals surface area contributed by atoms with E-state index in [1.807, 2.05) is 18.2 Å². The second-order valence-electron chi connectivity index (χ2n) is 5.87. The molecule has 0 fully saturated rings. The lowest BCUT2D eigenvalue weighted by Crippen LogP contribution is -2.32. The van der Waals surface area contributed by atoms with Gasteiger partial charge >= 0.3 is 0 Å². The lowest BCUT2D eigenvalue weighted by molar-refractivity contribution is -0.121. The van der Waals surface area contributed by atoms with Crippen LogP contribution in [0.1, 0.15) is 40.4 Å². The third-order valence-electron chi connectivity index (χ3n) is 4.21. The minimum absolute atomic E-state index is 0.0569. The quantitative estimate of drug-likeness (QED) is 0.887. The smallest absolute Gasteiger partial charge is 0.251 e. The average molecular weight is 326 g/mol. The van der Waals surface area contributed by atoms with Crippen LogP contribution in [0.2, 0.25) is 0 Å². The standard InChI is InChI=1S/C19H19FN2O2/c20-15-8-5-14(6-9-15)19(24)21-12-11-18(23)22-17-10-7-13-3-1-2-4-16(13)17/h1-6,8-9,17H,7,10-12H2,(H,21,24)(H,22,23)/t17-/m0/s1. The van der Waals surface area contributed by atoms with Gasteiger partial charge in [-0.2, -0.15) is 0 Å². The largest absolute Gasteiger partial charge is 0.352 e. The fourth-order valence-electron chi connectivity index (χ4n) is 2.97. The van der Waals surface area contributed by atoms with Crippen molar-refractivity contribution in [3.63, 3.8) is 0 Å². The lowest BCUT2D eigenvalue weighted by Gasteiger charge is -2.14. The van der Waals surface area contributed by atoms with Gasteiger partial charge in [0.05, 0.1) is 6.04 Å². The number of nitrogens with one attached hydrogen (secondary N) is 2. The molecule has 0 bridgehead atoms. The highest BCUT2D eigenvalue weighted by Gasteiger charge is 2.23. The summed E-state index contributed by atoms with van der Waals surface area (Å²) in [5, 5.41) is 5.69. The summed E-state index contributed by atoms with van der Waals surface area (Å²) < 4.78 is 12.8. The van der Waals surface area contributed by atoms with E-state index >= 15 is 0 Å². The summed E-state index contributed by atoms with van der Waals surface area (Å²) >= 11 is 0. The van der Waals surface area contributed by atoms with Gasteiger partial charge in [-0.15, -0.1) is 0 Å². The number of halogens is 1. The van der Waals surface area contributed by atoms with Gasteiger partial charge in [-0.25, -0.2) is 4.39 Å². The number of amides is 2. The Morgan fingerprint density at radius 1 is 1.08 bits per heavy atom. The van der Waals surface area contributed by atoms with Gasteiger partial charge in [0.25, 0.3) is 5.91 Å². The molecule has 0 heterocycles. The van der Waals surface area contributed by atoms with Gasteiger partial charge in [0.2, 0.25) is 5.91 Å². The Morgan fingerprint density at radius 3 is 2.62 bits per heavy atom. The maximum atomic E-state index is 12.8. The molecule has 0 saturated carbocycles. The van der Waals surface area contributed by atoms with Gasteiger partial charge in [0.1, 0.15) is 5.82 Å². The fourth-order valence-corrected chi connectivity index (χ4v) is 2.97. The first-order valence-corrected chi connectivity index (χ1v) is 8.04. The molecular weight excluding hydrogens is 307 g/mol. The zero-order chi connectivity index (χ0) is 16.9. The van der Waals surface area contributed by atoms with Crippen molar-refractivity contribution >= 4 is 11.8 Å². The molecular formula is C19H19FN2O2. The van der Waals surface area contributed by atoms with Crippen molar-refractivity contribution in [2.45, 2.75) is 25.3 Å². The van der Waals surface area contributed by atoms with Gasteiger partial charge in [-0.05, 0) is 48.2 Å². The van der Waals surface area contributed by atoms with E-state index in [4.69, 9.17) is 0 Å². The van der Waals surface area contributed by atoms with Crippen molar-refractivity contribution < 1.29 is 14.0 Å². The zero-order valence-corrected chi connectivity index (χ0v) is 13.2. The van der Waals surface area contributed by atoms with E-state index < -0.39 is 0 Å². The molecule has 1 aliphatic carbocycles. The molecule has 0 spiro atoms. The average Bonchev–Trinajstić information content (AvgIpc) is 2.98. The highest BCUT2D eigenvalue weighted by molar-refractivity contribution is 5.94. The SMILES string of the molecule is O=C(CCNC(=O)c1ccc(F)cc1)N[C@H]1CCc2ccccc21. The second kappa shape index (κ2) is 7.25. The highest BCUT2D eigenvalue weighted by atomic mass is 19.1. The molecule has 2 aromatic carbocycles. The lowest BCUT2D eigenvalue weighted by atomic mass is 10.1. The molecule has 5 heteroatoms. The Labute approximate surface area is 140 Å². The molecule has 2 amide bonds. The summed E-state index contributed by atoms with van der Waals surface area (Å²) in [5.41, 5.74) is 2.84. The van der Waals surface area contributed by atoms with E-state index in [1.165, 1.54) is 35.4 Å². The van der Waals surface area contributed by atoms with E-state index in [2.05, 4.69) is 16.7 Å². The van der Waals surface area contributed by atoms with E-state index in [-0.39, 0.29) is 36.6 Å². The fraction of sp³-hybridized carbons (Fsp3) is 0.263. The van der Waals surface area contributed by atoms with Crippen molar-refractivity contribution in [1.29, 1.82) is 0 Å². The van der Waals surface area contributed by atoms with Crippen LogP contribution in [0.4, 0.5) is 4.39 Å². The molecule has 124 valence electrons. The normalized spacial score (nSPS) is 15.6. The van der Waals surface area contributed by atoms with Crippen LogP contribution in [0, 0.1) is 5.82 Å². The number of benzene rings is 2. The number of hydrogen-bond donors (Lipinski definition) is 2. The van der Waals surface area contributed by atoms with Crippen LogP contribution in [0.3, 0.4) is 0 Å². The first kappa shape index (κ1) is 16.2. The van der Waals surface area contributed by atoms with E-state index in [9.17, 15) is 14.0 Å². The summed E-state index contributed by atoms with van der Waals surface area (Å²) in [6, 6.07) is 13.5. The molecule has 1 atom stereocenters. The third-order valence-corrected chi connectivity index (χ3v) is 4.21. The third kappa shape index (κ3) is 3.79. The maximum absolute atomic E-state index is 12.8. The number of hydrogen-bond acceptors (Lipinski definition) is 2. The molecule has 2 aromatic rings. The van der Waals surface area contributed by atoms with Gasteiger partial charge < -0.3 is 10.6 Å². The predicted molar refractivity (Wildman–Crippen MR) is 89.0 cm³/mol. The minimum Gasteiger partial charge on any atom is -0.352 e. The van der Waals surface area contributed by atoms with Crippen molar-refractivity contribution in [2.24, 2.45) is 0 Å². The molecule has 1 aliphatic rings. The molecule has 0 radical (unpaired) electrons. The first-order chi connectivity index (χ1) is 11.6. The summed E-state index contributed by atoms with van der Waals surface area (Å²) in [5.74, 6) is -0.784. The topological polar surface area (TPSA) is 58.2 Å². The van der Waals surface area contributed by atoms with Gasteiger partial charge in [0.15, 0.2) is 0 Å². The van der Waals surface area contributed by atoms with Crippen LogP contribution < -0.4 is 10.6 Å². The monoisotopic (exact) mass is 326 g/mol. The molecule has 0 aliphatic heterocycles.